The highest BCUT2D eigenvalue weighted by Crippen LogP contribution is 2.17. The van der Waals surface area contributed by atoms with Crippen LogP contribution in [0.5, 0.6) is 5.75 Å². The minimum absolute atomic E-state index is 0.138. The Bertz CT molecular complexity index is 1270. The summed E-state index contributed by atoms with van der Waals surface area (Å²) in [6.07, 6.45) is 0. The molecule has 156 valence electrons. The van der Waals surface area contributed by atoms with Gasteiger partial charge in [0.05, 0.1) is 19.2 Å². The Balaban J connectivity index is 1.67. The van der Waals surface area contributed by atoms with Crippen molar-refractivity contribution in [2.75, 3.05) is 7.11 Å². The Morgan fingerprint density at radius 3 is 2.32 bits per heavy atom. The van der Waals surface area contributed by atoms with E-state index in [1.165, 1.54) is 0 Å². The maximum atomic E-state index is 13.3. The van der Waals surface area contributed by atoms with E-state index in [4.69, 9.17) is 4.74 Å². The molecule has 0 aliphatic heterocycles. The van der Waals surface area contributed by atoms with E-state index in [0.29, 0.717) is 13.1 Å². The van der Waals surface area contributed by atoms with Gasteiger partial charge in [-0.3, -0.25) is 9.59 Å². The lowest BCUT2D eigenvalue weighted by Crippen LogP contribution is -2.33. The first kappa shape index (κ1) is 20.4. The molecule has 5 nitrogen and oxygen atoms in total. The molecule has 0 fully saturated rings. The van der Waals surface area contributed by atoms with Gasteiger partial charge in [0, 0.05) is 6.54 Å². The summed E-state index contributed by atoms with van der Waals surface area (Å²) < 4.78 is 6.86. The van der Waals surface area contributed by atoms with E-state index in [-0.39, 0.29) is 17.0 Å². The van der Waals surface area contributed by atoms with Crippen molar-refractivity contribution in [1.29, 1.82) is 0 Å². The fraction of sp³-hybridized carbons (Fsp3) is 0.154. The topological polar surface area (TPSA) is 60.3 Å². The molecule has 4 aromatic rings. The van der Waals surface area contributed by atoms with Crippen LogP contribution in [-0.2, 0) is 13.1 Å². The van der Waals surface area contributed by atoms with Gasteiger partial charge in [-0.25, -0.2) is 0 Å². The Kier molecular flexibility index (Phi) is 5.85. The monoisotopic (exact) mass is 412 g/mol. The van der Waals surface area contributed by atoms with Crippen LogP contribution in [-0.4, -0.2) is 17.6 Å². The van der Waals surface area contributed by atoms with E-state index in [0.717, 1.165) is 33.3 Å². The molecule has 1 amide bonds. The van der Waals surface area contributed by atoms with Crippen molar-refractivity contribution >= 4 is 16.8 Å². The van der Waals surface area contributed by atoms with Crippen molar-refractivity contribution in [3.8, 4) is 5.75 Å². The maximum Gasteiger partial charge on any atom is 0.264 e. The number of pyridine rings is 1. The number of fused-ring (bicyclic) bond motifs is 1. The van der Waals surface area contributed by atoms with Gasteiger partial charge in [0.25, 0.3) is 11.5 Å². The predicted molar refractivity (Wildman–Crippen MR) is 123 cm³/mol. The number of methoxy groups -OCH3 is 1. The van der Waals surface area contributed by atoms with E-state index in [2.05, 4.69) is 5.32 Å². The van der Waals surface area contributed by atoms with Crippen LogP contribution in [0.15, 0.2) is 83.7 Å². The second-order valence-electron chi connectivity index (χ2n) is 7.52. The van der Waals surface area contributed by atoms with Crippen LogP contribution in [0.1, 0.15) is 27.0 Å². The number of rotatable bonds is 6. The lowest BCUT2D eigenvalue weighted by atomic mass is 10.1. The average Bonchev–Trinajstić information content (AvgIpc) is 2.80. The highest BCUT2D eigenvalue weighted by molar-refractivity contribution is 5.97. The number of aryl methyl sites for hydroxylation is 1. The summed E-state index contributed by atoms with van der Waals surface area (Å²) in [5.74, 6) is 0.380. The van der Waals surface area contributed by atoms with Gasteiger partial charge in [-0.05, 0) is 47.7 Å². The number of carbonyl (C=O) groups is 1. The number of amides is 1. The molecule has 1 heterocycles. The van der Waals surface area contributed by atoms with Gasteiger partial charge in [0.1, 0.15) is 11.3 Å². The van der Waals surface area contributed by atoms with Gasteiger partial charge in [-0.2, -0.15) is 0 Å². The number of aromatic nitrogens is 1. The first-order valence-electron chi connectivity index (χ1n) is 10.1. The third kappa shape index (κ3) is 4.51. The van der Waals surface area contributed by atoms with Gasteiger partial charge in [-0.1, -0.05) is 60.2 Å². The number of hydrogen-bond donors (Lipinski definition) is 1. The molecule has 0 bridgehead atoms. The van der Waals surface area contributed by atoms with Crippen molar-refractivity contribution < 1.29 is 9.53 Å². The van der Waals surface area contributed by atoms with Gasteiger partial charge in [-0.15, -0.1) is 0 Å². The number of ether oxygens (including phenoxy) is 1. The summed E-state index contributed by atoms with van der Waals surface area (Å²) in [6.45, 7) is 2.75. The molecule has 1 aromatic heterocycles. The summed E-state index contributed by atoms with van der Waals surface area (Å²) >= 11 is 0. The largest absolute Gasteiger partial charge is 0.497 e. The van der Waals surface area contributed by atoms with Crippen molar-refractivity contribution in [1.82, 2.24) is 9.88 Å². The van der Waals surface area contributed by atoms with Crippen LogP contribution in [0.2, 0.25) is 0 Å². The van der Waals surface area contributed by atoms with Crippen LogP contribution in [0.25, 0.3) is 10.9 Å². The molecule has 3 aromatic carbocycles. The first-order valence-corrected chi connectivity index (χ1v) is 10.1. The summed E-state index contributed by atoms with van der Waals surface area (Å²) in [6, 6.07) is 24.8. The van der Waals surface area contributed by atoms with E-state index in [1.807, 2.05) is 79.7 Å². The molecule has 5 heteroatoms. The molecule has 31 heavy (non-hydrogen) atoms. The number of nitrogens with zero attached hydrogens (tertiary/aromatic N) is 1. The lowest BCUT2D eigenvalue weighted by molar-refractivity contribution is 0.0949. The molecule has 4 rings (SSSR count). The summed E-state index contributed by atoms with van der Waals surface area (Å²) in [7, 11) is 1.62. The smallest absolute Gasteiger partial charge is 0.264 e. The first-order chi connectivity index (χ1) is 15.0. The van der Waals surface area contributed by atoms with E-state index in [9.17, 15) is 9.59 Å². The zero-order valence-corrected chi connectivity index (χ0v) is 17.6. The highest BCUT2D eigenvalue weighted by Gasteiger charge is 2.16. The molecule has 0 aliphatic carbocycles. The molecule has 0 atom stereocenters. The summed E-state index contributed by atoms with van der Waals surface area (Å²) in [4.78, 5) is 26.2. The van der Waals surface area contributed by atoms with Crippen molar-refractivity contribution in [3.05, 3.63) is 111 Å². The van der Waals surface area contributed by atoms with E-state index in [1.54, 1.807) is 17.7 Å². The second-order valence-corrected chi connectivity index (χ2v) is 7.52. The minimum atomic E-state index is -0.375. The van der Waals surface area contributed by atoms with Crippen LogP contribution in [0, 0.1) is 6.92 Å². The fourth-order valence-electron chi connectivity index (χ4n) is 3.54. The zero-order chi connectivity index (χ0) is 21.8. The van der Waals surface area contributed by atoms with Crippen LogP contribution in [0.3, 0.4) is 0 Å². The molecule has 0 saturated heterocycles. The van der Waals surface area contributed by atoms with Gasteiger partial charge >= 0.3 is 0 Å². The maximum absolute atomic E-state index is 13.3. The summed E-state index contributed by atoms with van der Waals surface area (Å²) in [5, 5.41) is 3.72. The van der Waals surface area contributed by atoms with Crippen LogP contribution < -0.4 is 15.6 Å². The number of para-hydroxylation sites is 1. The summed E-state index contributed by atoms with van der Waals surface area (Å²) in [5.41, 5.74) is 3.71. The highest BCUT2D eigenvalue weighted by atomic mass is 16.5. The third-order valence-electron chi connectivity index (χ3n) is 5.32. The SMILES string of the molecule is COc1ccc(Cn2c(=O)c(C(=O)NCc3ccc(C)cc3)cc3ccccc32)cc1. The normalized spacial score (nSPS) is 10.8. The Labute approximate surface area is 180 Å². The Morgan fingerprint density at radius 1 is 0.935 bits per heavy atom. The van der Waals surface area contributed by atoms with Gasteiger partial charge < -0.3 is 14.6 Å². The fourth-order valence-corrected chi connectivity index (χ4v) is 3.54. The molecule has 0 radical (unpaired) electrons. The standard InChI is InChI=1S/C26H24N2O3/c1-18-7-9-19(10-8-18)16-27-25(29)23-15-21-5-3-4-6-24(21)28(26(23)30)17-20-11-13-22(31-2)14-12-20/h3-15H,16-17H2,1-2H3,(H,27,29). The van der Waals surface area contributed by atoms with Crippen LogP contribution >= 0.6 is 0 Å². The minimum Gasteiger partial charge on any atom is -0.497 e. The van der Waals surface area contributed by atoms with Crippen molar-refractivity contribution in [2.45, 2.75) is 20.0 Å². The average molecular weight is 412 g/mol. The Hall–Kier alpha value is -3.86. The van der Waals surface area contributed by atoms with Gasteiger partial charge in [0.15, 0.2) is 0 Å². The molecule has 0 saturated carbocycles. The molecular weight excluding hydrogens is 388 g/mol. The molecule has 1 N–H and O–H groups in total. The molecule has 0 spiro atoms. The van der Waals surface area contributed by atoms with Gasteiger partial charge in [0.2, 0.25) is 0 Å². The molecule has 0 aliphatic rings. The molecule has 0 unspecified atom stereocenters. The number of benzene rings is 3. The number of hydrogen-bond acceptors (Lipinski definition) is 3. The van der Waals surface area contributed by atoms with E-state index < -0.39 is 0 Å². The Morgan fingerprint density at radius 2 is 1.61 bits per heavy atom. The lowest BCUT2D eigenvalue weighted by Gasteiger charge is -2.14. The predicted octanol–water partition coefficient (Wildman–Crippen LogP) is 4.30. The number of nitrogens with one attached hydrogen (secondary N) is 1. The third-order valence-corrected chi connectivity index (χ3v) is 5.32. The second kappa shape index (κ2) is 8.88. The van der Waals surface area contributed by atoms with Crippen molar-refractivity contribution in [3.63, 3.8) is 0 Å². The van der Waals surface area contributed by atoms with E-state index >= 15 is 0 Å². The number of carbonyl (C=O) groups excluding carboxylic acids is 1. The zero-order valence-electron chi connectivity index (χ0n) is 17.6. The van der Waals surface area contributed by atoms with Crippen LogP contribution in [0.4, 0.5) is 0 Å². The molecular formula is C26H24N2O3. The quantitative estimate of drug-likeness (QED) is 0.514. The van der Waals surface area contributed by atoms with Crippen molar-refractivity contribution in [2.24, 2.45) is 0 Å².